The Morgan fingerprint density at radius 3 is 1.01 bits per heavy atom. The van der Waals surface area contributed by atoms with Gasteiger partial charge in [-0.05, 0) is 181 Å². The van der Waals surface area contributed by atoms with Gasteiger partial charge >= 0.3 is 0 Å². The van der Waals surface area contributed by atoms with Crippen molar-refractivity contribution in [2.45, 2.75) is 72.1 Å². The highest BCUT2D eigenvalue weighted by Gasteiger charge is 2.46. The standard InChI is InChI=1S/C101H77BN4O2/c1-61(2)66-53-89-95-90(54-66)106(97-79(64-33-17-11-18-34-64)57-68(101(6,7)8)58-80(97)65-35-19-12-20-36-65)88-60-70(104-84-42-26-22-40-76(84)94-86(104)52-48-74-72-38-24-28-44-92(72)108-99(74)94)46-50-82(88)102(95)81-49-45-69(103-83-41-25-21-39-75(83)93-85(103)51-47-73-71-37-23-27-43-91(71)107-98(73)93)59-87(81)105(89)96-77(62-29-13-9-14-30-62)55-67(100(3,4)5)56-78(96)63-31-15-10-16-32-63/h9-61H,1-8H3. The molecule has 0 aliphatic carbocycles. The van der Waals surface area contributed by atoms with Crippen molar-refractivity contribution in [2.24, 2.45) is 0 Å². The summed E-state index contributed by atoms with van der Waals surface area (Å²) in [6.45, 7) is 18.6. The van der Waals surface area contributed by atoms with Gasteiger partial charge in [-0.3, -0.25) is 0 Å². The maximum absolute atomic E-state index is 6.98. The van der Waals surface area contributed by atoms with Gasteiger partial charge in [0.1, 0.15) is 22.3 Å². The van der Waals surface area contributed by atoms with Crippen molar-refractivity contribution >= 4 is 145 Å². The number of benzene rings is 15. The first kappa shape index (κ1) is 63.6. The third-order valence-corrected chi connectivity index (χ3v) is 23.3. The molecular weight excluding hydrogens is 1310 g/mol. The second kappa shape index (κ2) is 23.8. The lowest BCUT2D eigenvalue weighted by Crippen LogP contribution is -2.61. The number of furan rings is 2. The lowest BCUT2D eigenvalue weighted by atomic mass is 9.33. The summed E-state index contributed by atoms with van der Waals surface area (Å²) in [5, 5.41) is 8.93. The predicted octanol–water partition coefficient (Wildman–Crippen LogP) is 26.1. The Morgan fingerprint density at radius 2 is 0.648 bits per heavy atom. The summed E-state index contributed by atoms with van der Waals surface area (Å²) in [6, 6.07) is 119. The van der Waals surface area contributed by atoms with Crippen LogP contribution in [0.2, 0.25) is 0 Å². The van der Waals surface area contributed by atoms with Crippen LogP contribution in [0, 0.1) is 0 Å². The Morgan fingerprint density at radius 1 is 0.306 bits per heavy atom. The van der Waals surface area contributed by atoms with Gasteiger partial charge in [0, 0.05) is 88.7 Å². The molecular formula is C101H77BN4O2. The maximum atomic E-state index is 6.98. The molecule has 0 unspecified atom stereocenters. The molecule has 516 valence electrons. The topological polar surface area (TPSA) is 42.6 Å². The Kier molecular flexibility index (Phi) is 14.0. The van der Waals surface area contributed by atoms with E-state index in [1.54, 1.807) is 0 Å². The highest BCUT2D eigenvalue weighted by Crippen LogP contribution is 2.56. The van der Waals surface area contributed by atoms with Crippen LogP contribution < -0.4 is 26.2 Å². The van der Waals surface area contributed by atoms with Gasteiger partial charge in [-0.2, -0.15) is 0 Å². The summed E-state index contributed by atoms with van der Waals surface area (Å²) in [7, 11) is 0. The van der Waals surface area contributed by atoms with E-state index >= 15 is 0 Å². The lowest BCUT2D eigenvalue weighted by molar-refractivity contribution is 0.590. The van der Waals surface area contributed by atoms with E-state index in [9.17, 15) is 0 Å². The first-order valence-electron chi connectivity index (χ1n) is 38.0. The van der Waals surface area contributed by atoms with Gasteiger partial charge in [-0.1, -0.05) is 262 Å². The maximum Gasteiger partial charge on any atom is 0.252 e. The fourth-order valence-corrected chi connectivity index (χ4v) is 18.1. The molecule has 19 aromatic rings. The number of anilines is 6. The molecule has 21 rings (SSSR count). The second-order valence-corrected chi connectivity index (χ2v) is 32.1. The molecule has 0 saturated carbocycles. The Bertz CT molecular complexity index is 6390. The third kappa shape index (κ3) is 9.60. The quantitative estimate of drug-likeness (QED) is 0.135. The van der Waals surface area contributed by atoms with Gasteiger partial charge in [0.2, 0.25) is 0 Å². The van der Waals surface area contributed by atoms with Crippen LogP contribution in [0.25, 0.3) is 143 Å². The molecule has 6 heterocycles. The van der Waals surface area contributed by atoms with E-state index in [4.69, 9.17) is 8.83 Å². The summed E-state index contributed by atoms with van der Waals surface area (Å²) in [5.74, 6) is 0.102. The molecule has 2 aliphatic heterocycles. The highest BCUT2D eigenvalue weighted by molar-refractivity contribution is 7.00. The minimum absolute atomic E-state index is 0.102. The van der Waals surface area contributed by atoms with Crippen LogP contribution in [-0.2, 0) is 10.8 Å². The van der Waals surface area contributed by atoms with E-state index < -0.39 is 0 Å². The zero-order valence-electron chi connectivity index (χ0n) is 61.8. The first-order chi connectivity index (χ1) is 52.7. The molecule has 2 aliphatic rings. The summed E-state index contributed by atoms with van der Waals surface area (Å²) >= 11 is 0. The number of hydrogen-bond donors (Lipinski definition) is 0. The van der Waals surface area contributed by atoms with Crippen LogP contribution in [0.4, 0.5) is 34.1 Å². The Labute approximate surface area is 628 Å². The minimum atomic E-state index is -0.276. The molecule has 15 aromatic carbocycles. The molecule has 6 nitrogen and oxygen atoms in total. The molecule has 4 aromatic heterocycles. The van der Waals surface area contributed by atoms with Crippen molar-refractivity contribution in [3.05, 3.63) is 332 Å². The van der Waals surface area contributed by atoms with Crippen LogP contribution in [0.5, 0.6) is 0 Å². The molecule has 0 radical (unpaired) electrons. The number of rotatable bonds is 9. The SMILES string of the molecule is CC(C)c1cc2c3c(c1)N(c1c(-c4ccccc4)cc(C(C)(C)C)cc1-c1ccccc1)c1cc(-n4c5ccccc5c5c6oc7ccccc7c6ccc54)ccc1B3c1ccc(-n3c4ccccc4c4c5oc6ccccc6c5ccc43)cc1N2c1c(-c2ccccc2)cc(C(C)(C)C)cc1-c1ccccc1. The van der Waals surface area contributed by atoms with Gasteiger partial charge in [0.15, 0.2) is 0 Å². The van der Waals surface area contributed by atoms with Gasteiger partial charge in [0.05, 0.1) is 44.2 Å². The van der Waals surface area contributed by atoms with Crippen molar-refractivity contribution in [3.63, 3.8) is 0 Å². The van der Waals surface area contributed by atoms with E-state index in [-0.39, 0.29) is 23.5 Å². The molecule has 0 spiro atoms. The molecule has 0 amide bonds. The summed E-state index contributed by atoms with van der Waals surface area (Å²) < 4.78 is 18.9. The van der Waals surface area contributed by atoms with Gasteiger partial charge in [-0.25, -0.2) is 0 Å². The van der Waals surface area contributed by atoms with Gasteiger partial charge in [0.25, 0.3) is 6.71 Å². The molecule has 108 heavy (non-hydrogen) atoms. The number of nitrogens with zero attached hydrogens (tertiary/aromatic N) is 4. The predicted molar refractivity (Wildman–Crippen MR) is 457 cm³/mol. The van der Waals surface area contributed by atoms with Gasteiger partial charge in [-0.15, -0.1) is 0 Å². The van der Waals surface area contributed by atoms with E-state index in [2.05, 4.69) is 390 Å². The molecule has 0 atom stereocenters. The lowest BCUT2D eigenvalue weighted by Gasteiger charge is -2.46. The smallest absolute Gasteiger partial charge is 0.252 e. The largest absolute Gasteiger partial charge is 0.455 e. The summed E-state index contributed by atoms with van der Waals surface area (Å²) in [4.78, 5) is 5.44. The van der Waals surface area contributed by atoms with Crippen molar-refractivity contribution in [3.8, 4) is 55.9 Å². The third-order valence-electron chi connectivity index (χ3n) is 23.3. The average Bonchev–Trinajstić information content (AvgIpc) is 0.865. The molecule has 0 fully saturated rings. The Hall–Kier alpha value is -12.8. The minimum Gasteiger partial charge on any atom is -0.455 e. The van der Waals surface area contributed by atoms with E-state index in [0.29, 0.717) is 0 Å². The summed E-state index contributed by atoms with van der Waals surface area (Å²) in [6.07, 6.45) is 0. The van der Waals surface area contributed by atoms with Crippen LogP contribution in [0.15, 0.2) is 324 Å². The number of fused-ring (bicyclic) bond motifs is 18. The number of para-hydroxylation sites is 4. The molecule has 7 heteroatoms. The fraction of sp³-hybridized carbons (Fsp3) is 0.109. The zero-order valence-corrected chi connectivity index (χ0v) is 61.8. The zero-order chi connectivity index (χ0) is 72.6. The fourth-order valence-electron chi connectivity index (χ4n) is 18.1. The van der Waals surface area contributed by atoms with Crippen molar-refractivity contribution < 1.29 is 8.83 Å². The molecule has 0 N–H and O–H groups in total. The van der Waals surface area contributed by atoms with Crippen LogP contribution >= 0.6 is 0 Å². The van der Waals surface area contributed by atoms with Crippen molar-refractivity contribution in [2.75, 3.05) is 9.80 Å². The molecule has 0 bridgehead atoms. The van der Waals surface area contributed by atoms with Crippen molar-refractivity contribution in [1.29, 1.82) is 0 Å². The van der Waals surface area contributed by atoms with E-state index in [1.165, 1.54) is 33.1 Å². The number of aromatic nitrogens is 2. The van der Waals surface area contributed by atoms with Gasteiger partial charge < -0.3 is 27.8 Å². The first-order valence-corrected chi connectivity index (χ1v) is 38.0. The normalized spacial score (nSPS) is 13.0. The monoisotopic (exact) mass is 1390 g/mol. The van der Waals surface area contributed by atoms with Crippen LogP contribution in [0.1, 0.15) is 78.0 Å². The van der Waals surface area contributed by atoms with Crippen LogP contribution in [-0.4, -0.2) is 15.8 Å². The van der Waals surface area contributed by atoms with Crippen molar-refractivity contribution in [1.82, 2.24) is 9.13 Å². The van der Waals surface area contributed by atoms with Crippen LogP contribution in [0.3, 0.4) is 0 Å². The number of hydrogen-bond acceptors (Lipinski definition) is 4. The molecule has 0 saturated heterocycles. The highest BCUT2D eigenvalue weighted by atomic mass is 16.3. The van der Waals surface area contributed by atoms with E-state index in [0.717, 1.165) is 177 Å². The summed E-state index contributed by atoms with van der Waals surface area (Å²) in [5.41, 5.74) is 33.0. The van der Waals surface area contributed by atoms with E-state index in [1.807, 2.05) is 0 Å². The average molecular weight is 1390 g/mol. The Balaban J connectivity index is 0.930. The second-order valence-electron chi connectivity index (χ2n) is 32.1.